The average Bonchev–Trinajstić information content (AvgIpc) is 2.88. The molecular weight excluding hydrogens is 320 g/mol. The molecule has 0 radical (unpaired) electrons. The smallest absolute Gasteiger partial charge is 0.257 e. The average molecular weight is 346 g/mol. The number of nitrogens with zero attached hydrogens (tertiary/aromatic N) is 2. The molecule has 1 aliphatic heterocycles. The Balaban J connectivity index is 2.15. The van der Waals surface area contributed by atoms with Crippen LogP contribution in [-0.4, -0.2) is 41.8 Å². The number of rotatable bonds is 8. The zero-order chi connectivity index (χ0) is 18.4. The predicted molar refractivity (Wildman–Crippen MR) is 95.4 cm³/mol. The molecule has 0 saturated carbocycles. The molecule has 1 heterocycles. The molecule has 6 heteroatoms. The fourth-order valence-electron chi connectivity index (χ4n) is 2.90. The van der Waals surface area contributed by atoms with E-state index < -0.39 is 6.04 Å². The Hall–Kier alpha value is -2.37. The second-order valence-corrected chi connectivity index (χ2v) is 6.20. The van der Waals surface area contributed by atoms with Gasteiger partial charge in [0.2, 0.25) is 11.8 Å². The minimum atomic E-state index is -0.701. The lowest BCUT2D eigenvalue weighted by molar-refractivity contribution is -0.136. The van der Waals surface area contributed by atoms with Gasteiger partial charge in [-0.25, -0.2) is 4.90 Å². The molecule has 1 fully saturated rings. The van der Waals surface area contributed by atoms with Gasteiger partial charge in [-0.05, 0) is 37.1 Å². The number of hydrogen-bond acceptors (Lipinski definition) is 4. The summed E-state index contributed by atoms with van der Waals surface area (Å²) in [5.74, 6) is -0.0854. The van der Waals surface area contributed by atoms with Crippen LogP contribution in [0.4, 0.5) is 5.69 Å². The number of benzene rings is 1. The molecule has 0 spiro atoms. The first-order chi connectivity index (χ1) is 12.0. The van der Waals surface area contributed by atoms with E-state index in [0.29, 0.717) is 24.6 Å². The first-order valence-corrected chi connectivity index (χ1v) is 8.86. The molecule has 3 amide bonds. The van der Waals surface area contributed by atoms with E-state index in [1.54, 1.807) is 24.3 Å². The lowest BCUT2D eigenvalue weighted by atomic mass is 10.2. The van der Waals surface area contributed by atoms with Gasteiger partial charge in [-0.1, -0.05) is 20.3 Å². The Morgan fingerprint density at radius 1 is 1.20 bits per heavy atom. The Bertz CT molecular complexity index is 627. The Morgan fingerprint density at radius 2 is 1.88 bits per heavy atom. The highest BCUT2D eigenvalue weighted by Crippen LogP contribution is 2.27. The summed E-state index contributed by atoms with van der Waals surface area (Å²) >= 11 is 0. The van der Waals surface area contributed by atoms with Crippen molar-refractivity contribution in [1.82, 2.24) is 4.90 Å². The Morgan fingerprint density at radius 3 is 2.44 bits per heavy atom. The van der Waals surface area contributed by atoms with Crippen LogP contribution in [0.5, 0.6) is 5.75 Å². The van der Waals surface area contributed by atoms with E-state index in [0.717, 1.165) is 19.3 Å². The number of carbonyl (C=O) groups excluding carboxylic acids is 3. The summed E-state index contributed by atoms with van der Waals surface area (Å²) < 4.78 is 5.52. The van der Waals surface area contributed by atoms with Crippen LogP contribution >= 0.6 is 0 Å². The minimum Gasteiger partial charge on any atom is -0.494 e. The third-order valence-electron chi connectivity index (χ3n) is 4.22. The second kappa shape index (κ2) is 8.65. The van der Waals surface area contributed by atoms with Crippen molar-refractivity contribution in [3.8, 4) is 5.75 Å². The van der Waals surface area contributed by atoms with Crippen molar-refractivity contribution in [3.63, 3.8) is 0 Å². The summed E-state index contributed by atoms with van der Waals surface area (Å²) in [7, 11) is 0. The first kappa shape index (κ1) is 19.0. The molecule has 0 aromatic heterocycles. The first-order valence-electron chi connectivity index (χ1n) is 8.86. The molecule has 0 bridgehead atoms. The highest BCUT2D eigenvalue weighted by atomic mass is 16.5. The van der Waals surface area contributed by atoms with E-state index in [4.69, 9.17) is 4.74 Å². The monoisotopic (exact) mass is 346 g/mol. The fourth-order valence-corrected chi connectivity index (χ4v) is 2.90. The van der Waals surface area contributed by atoms with Crippen molar-refractivity contribution < 1.29 is 19.1 Å². The topological polar surface area (TPSA) is 66.9 Å². The zero-order valence-corrected chi connectivity index (χ0v) is 15.2. The molecular formula is C19H26N2O4. The van der Waals surface area contributed by atoms with Crippen LogP contribution in [0.3, 0.4) is 0 Å². The number of anilines is 1. The molecule has 0 N–H and O–H groups in total. The van der Waals surface area contributed by atoms with Crippen molar-refractivity contribution in [2.75, 3.05) is 18.1 Å². The highest BCUT2D eigenvalue weighted by Gasteiger charge is 2.43. The standard InChI is InChI=1S/C19H26N2O4/c1-4-6-11-20(14(3)22)17-13-18(23)21(19(17)24)15-7-9-16(10-8-15)25-12-5-2/h7-10,17H,4-6,11-13H2,1-3H3/t17-/m0/s1. The number of amides is 3. The molecule has 1 aromatic rings. The molecule has 2 rings (SSSR count). The molecule has 1 saturated heterocycles. The maximum Gasteiger partial charge on any atom is 0.257 e. The van der Waals surface area contributed by atoms with Crippen molar-refractivity contribution in [2.45, 2.75) is 52.5 Å². The SMILES string of the molecule is CCCCN(C(C)=O)[C@H]1CC(=O)N(c2ccc(OCCC)cc2)C1=O. The van der Waals surface area contributed by atoms with Crippen LogP contribution in [0.15, 0.2) is 24.3 Å². The van der Waals surface area contributed by atoms with Crippen molar-refractivity contribution in [1.29, 1.82) is 0 Å². The summed E-state index contributed by atoms with van der Waals surface area (Å²) in [6.45, 7) is 6.60. The van der Waals surface area contributed by atoms with E-state index in [1.807, 2.05) is 13.8 Å². The maximum absolute atomic E-state index is 12.8. The van der Waals surface area contributed by atoms with Crippen molar-refractivity contribution in [3.05, 3.63) is 24.3 Å². The van der Waals surface area contributed by atoms with Gasteiger partial charge in [0.1, 0.15) is 11.8 Å². The van der Waals surface area contributed by atoms with E-state index in [-0.39, 0.29) is 24.1 Å². The predicted octanol–water partition coefficient (Wildman–Crippen LogP) is 2.76. The number of imide groups is 1. The maximum atomic E-state index is 12.8. The summed E-state index contributed by atoms with van der Waals surface area (Å²) in [5, 5.41) is 0. The molecule has 1 atom stereocenters. The number of ether oxygens (including phenoxy) is 1. The van der Waals surface area contributed by atoms with Gasteiger partial charge in [-0.2, -0.15) is 0 Å². The molecule has 25 heavy (non-hydrogen) atoms. The van der Waals surface area contributed by atoms with Crippen molar-refractivity contribution in [2.24, 2.45) is 0 Å². The van der Waals surface area contributed by atoms with Gasteiger partial charge in [-0.3, -0.25) is 14.4 Å². The second-order valence-electron chi connectivity index (χ2n) is 6.20. The number of carbonyl (C=O) groups is 3. The number of unbranched alkanes of at least 4 members (excludes halogenated alkanes) is 1. The quantitative estimate of drug-likeness (QED) is 0.679. The van der Waals surface area contributed by atoms with Gasteiger partial charge in [-0.15, -0.1) is 0 Å². The van der Waals surface area contributed by atoms with E-state index in [2.05, 4.69) is 0 Å². The molecule has 0 aliphatic carbocycles. The van der Waals surface area contributed by atoms with Crippen LogP contribution in [-0.2, 0) is 14.4 Å². The van der Waals surface area contributed by atoms with Crippen LogP contribution < -0.4 is 9.64 Å². The van der Waals surface area contributed by atoms with Crippen LogP contribution in [0, 0.1) is 0 Å². The van der Waals surface area contributed by atoms with Crippen LogP contribution in [0.2, 0.25) is 0 Å². The van der Waals surface area contributed by atoms with E-state index in [1.165, 1.54) is 16.7 Å². The Kier molecular flexibility index (Phi) is 6.56. The molecule has 1 aliphatic rings. The van der Waals surface area contributed by atoms with Gasteiger partial charge in [0, 0.05) is 13.5 Å². The molecule has 136 valence electrons. The van der Waals surface area contributed by atoms with Crippen molar-refractivity contribution >= 4 is 23.4 Å². The lowest BCUT2D eigenvalue weighted by Gasteiger charge is -2.26. The third kappa shape index (κ3) is 4.38. The van der Waals surface area contributed by atoms with Gasteiger partial charge in [0.15, 0.2) is 0 Å². The minimum absolute atomic E-state index is 0.0379. The summed E-state index contributed by atoms with van der Waals surface area (Å²) in [6.07, 6.45) is 2.67. The van der Waals surface area contributed by atoms with Gasteiger partial charge < -0.3 is 9.64 Å². The number of hydrogen-bond donors (Lipinski definition) is 0. The Labute approximate surface area is 148 Å². The zero-order valence-electron chi connectivity index (χ0n) is 15.2. The van der Waals surface area contributed by atoms with Gasteiger partial charge in [0.05, 0.1) is 18.7 Å². The lowest BCUT2D eigenvalue weighted by Crippen LogP contribution is -2.45. The summed E-state index contributed by atoms with van der Waals surface area (Å²) in [4.78, 5) is 39.7. The fraction of sp³-hybridized carbons (Fsp3) is 0.526. The van der Waals surface area contributed by atoms with Gasteiger partial charge in [0.25, 0.3) is 5.91 Å². The molecule has 0 unspecified atom stereocenters. The summed E-state index contributed by atoms with van der Waals surface area (Å²) in [6, 6.07) is 6.20. The third-order valence-corrected chi connectivity index (χ3v) is 4.22. The van der Waals surface area contributed by atoms with E-state index >= 15 is 0 Å². The van der Waals surface area contributed by atoms with Crippen LogP contribution in [0.25, 0.3) is 0 Å². The normalized spacial score (nSPS) is 17.1. The van der Waals surface area contributed by atoms with E-state index in [9.17, 15) is 14.4 Å². The highest BCUT2D eigenvalue weighted by molar-refractivity contribution is 6.23. The largest absolute Gasteiger partial charge is 0.494 e. The summed E-state index contributed by atoms with van der Waals surface area (Å²) in [5.41, 5.74) is 0.514. The van der Waals surface area contributed by atoms with Crippen LogP contribution in [0.1, 0.15) is 46.5 Å². The molecule has 6 nitrogen and oxygen atoms in total. The van der Waals surface area contributed by atoms with Gasteiger partial charge >= 0.3 is 0 Å². The molecule has 1 aromatic carbocycles.